The molecule has 3 rings (SSSR count). The van der Waals surface area contributed by atoms with Crippen LogP contribution in [0.25, 0.3) is 10.8 Å². The van der Waals surface area contributed by atoms with Crippen molar-refractivity contribution >= 4 is 23.2 Å². The number of nitrogens with zero attached hydrogens (tertiary/aromatic N) is 2. The molecule has 0 bridgehead atoms. The minimum absolute atomic E-state index is 0. The second kappa shape index (κ2) is 10.1. The van der Waals surface area contributed by atoms with Gasteiger partial charge in [-0.25, -0.2) is 0 Å². The molecule has 2 aromatic heterocycles. The summed E-state index contributed by atoms with van der Waals surface area (Å²) in [6.45, 7) is 3.19. The van der Waals surface area contributed by atoms with E-state index >= 15 is 0 Å². The van der Waals surface area contributed by atoms with E-state index < -0.39 is 0 Å². The third kappa shape index (κ3) is 6.11. The molecule has 2 heterocycles. The number of nitrogens with one attached hydrogen (secondary N) is 1. The predicted octanol–water partition coefficient (Wildman–Crippen LogP) is 4.94. The summed E-state index contributed by atoms with van der Waals surface area (Å²) in [5, 5.41) is 6.09. The van der Waals surface area contributed by atoms with Gasteiger partial charge in [0.05, 0.1) is 0 Å². The number of aromatic nitrogens is 2. The van der Waals surface area contributed by atoms with Crippen LogP contribution in [-0.2, 0) is 13.0 Å². The molecule has 1 atom stereocenters. The summed E-state index contributed by atoms with van der Waals surface area (Å²) >= 11 is 0. The van der Waals surface area contributed by atoms with Crippen molar-refractivity contribution in [2.75, 3.05) is 0 Å². The zero-order valence-corrected chi connectivity index (χ0v) is 15.5. The summed E-state index contributed by atoms with van der Waals surface area (Å²) in [6.07, 6.45) is 12.4. The van der Waals surface area contributed by atoms with Gasteiger partial charge < -0.3 is 5.32 Å². The molecule has 0 aliphatic heterocycles. The van der Waals surface area contributed by atoms with Crippen LogP contribution in [-0.4, -0.2) is 16.0 Å². The van der Waals surface area contributed by atoms with Crippen molar-refractivity contribution in [2.45, 2.75) is 45.2 Å². The zero-order valence-electron chi connectivity index (χ0n) is 14.7. The van der Waals surface area contributed by atoms with E-state index in [0.29, 0.717) is 6.04 Å². The molecule has 0 aliphatic carbocycles. The van der Waals surface area contributed by atoms with E-state index in [1.165, 1.54) is 41.2 Å². The minimum Gasteiger partial charge on any atom is -0.310 e. The third-order valence-electron chi connectivity index (χ3n) is 4.44. The van der Waals surface area contributed by atoms with Crippen LogP contribution in [0.1, 0.15) is 37.3 Å². The first-order valence-corrected chi connectivity index (χ1v) is 8.76. The topological polar surface area (TPSA) is 37.8 Å². The molecule has 1 aromatic carbocycles. The van der Waals surface area contributed by atoms with Gasteiger partial charge in [0.15, 0.2) is 0 Å². The number of rotatable bonds is 8. The molecule has 25 heavy (non-hydrogen) atoms. The maximum absolute atomic E-state index is 4.17. The number of aryl methyl sites for hydroxylation is 1. The average Bonchev–Trinajstić information content (AvgIpc) is 2.64. The number of benzene rings is 1. The first-order valence-electron chi connectivity index (χ1n) is 8.76. The Labute approximate surface area is 156 Å². The summed E-state index contributed by atoms with van der Waals surface area (Å²) in [5.41, 5.74) is 2.67. The second-order valence-electron chi connectivity index (χ2n) is 6.45. The van der Waals surface area contributed by atoms with Crippen LogP contribution < -0.4 is 5.32 Å². The Morgan fingerprint density at radius 1 is 0.920 bits per heavy atom. The third-order valence-corrected chi connectivity index (χ3v) is 4.44. The van der Waals surface area contributed by atoms with Gasteiger partial charge in [-0.2, -0.15) is 0 Å². The Kier molecular flexibility index (Phi) is 7.83. The molecular weight excluding hydrogens is 330 g/mol. The molecule has 4 heteroatoms. The van der Waals surface area contributed by atoms with Gasteiger partial charge in [0.2, 0.25) is 0 Å². The number of unbranched alkanes of at least 4 members (excludes halogenated alkanes) is 1. The molecule has 0 saturated carbocycles. The van der Waals surface area contributed by atoms with Crippen LogP contribution in [0.5, 0.6) is 0 Å². The van der Waals surface area contributed by atoms with Gasteiger partial charge in [0.1, 0.15) is 0 Å². The predicted molar refractivity (Wildman–Crippen MR) is 107 cm³/mol. The molecule has 0 spiro atoms. The van der Waals surface area contributed by atoms with Crippen molar-refractivity contribution in [3.63, 3.8) is 0 Å². The van der Waals surface area contributed by atoms with Gasteiger partial charge in [-0.15, -0.1) is 12.4 Å². The number of fused-ring (bicyclic) bond motifs is 1. The summed E-state index contributed by atoms with van der Waals surface area (Å²) in [6, 6.07) is 13.4. The standard InChI is InChI=1S/C21H25N3.ClH/c1-17(5-2-3-6-18-7-4-11-22-14-18)24-15-19-8-9-21-16-23-12-10-20(21)13-19;/h4,7-14,16-17,24H,2-3,5-6,15H2,1H3;1H/t17-;/m1./s1. The fourth-order valence-electron chi connectivity index (χ4n) is 2.96. The van der Waals surface area contributed by atoms with E-state index in [0.717, 1.165) is 13.0 Å². The molecular formula is C21H26ClN3. The van der Waals surface area contributed by atoms with Crippen molar-refractivity contribution < 1.29 is 0 Å². The van der Waals surface area contributed by atoms with Crippen LogP contribution in [0, 0.1) is 0 Å². The maximum Gasteiger partial charge on any atom is 0.0346 e. The first kappa shape index (κ1) is 19.4. The van der Waals surface area contributed by atoms with Gasteiger partial charge in [0, 0.05) is 42.8 Å². The van der Waals surface area contributed by atoms with Crippen molar-refractivity contribution in [3.05, 3.63) is 72.3 Å². The van der Waals surface area contributed by atoms with E-state index in [1.807, 2.05) is 30.9 Å². The van der Waals surface area contributed by atoms with Crippen molar-refractivity contribution in [1.82, 2.24) is 15.3 Å². The first-order chi connectivity index (χ1) is 11.8. The van der Waals surface area contributed by atoms with Crippen LogP contribution >= 0.6 is 12.4 Å². The molecule has 0 saturated heterocycles. The molecule has 3 nitrogen and oxygen atoms in total. The zero-order chi connectivity index (χ0) is 16.6. The van der Waals surface area contributed by atoms with E-state index in [4.69, 9.17) is 0 Å². The molecule has 0 amide bonds. The SMILES string of the molecule is C[C@H](CCCCc1cccnc1)NCc1ccc2cnccc2c1.Cl. The fourth-order valence-corrected chi connectivity index (χ4v) is 2.96. The molecule has 0 fully saturated rings. The highest BCUT2D eigenvalue weighted by atomic mass is 35.5. The van der Waals surface area contributed by atoms with Gasteiger partial charge in [-0.05, 0) is 60.9 Å². The molecule has 0 aliphatic rings. The lowest BCUT2D eigenvalue weighted by molar-refractivity contribution is 0.489. The quantitative estimate of drug-likeness (QED) is 0.581. The Balaban J connectivity index is 0.00000225. The normalized spacial score (nSPS) is 11.9. The summed E-state index contributed by atoms with van der Waals surface area (Å²) < 4.78 is 0. The lowest BCUT2D eigenvalue weighted by Gasteiger charge is -2.14. The molecule has 1 N–H and O–H groups in total. The van der Waals surface area contributed by atoms with Crippen LogP contribution in [0.2, 0.25) is 0 Å². The Morgan fingerprint density at radius 3 is 2.64 bits per heavy atom. The van der Waals surface area contributed by atoms with Gasteiger partial charge >= 0.3 is 0 Å². The largest absolute Gasteiger partial charge is 0.310 e. The van der Waals surface area contributed by atoms with Gasteiger partial charge in [-0.3, -0.25) is 9.97 Å². The van der Waals surface area contributed by atoms with Crippen LogP contribution in [0.4, 0.5) is 0 Å². The smallest absolute Gasteiger partial charge is 0.0346 e. The number of pyridine rings is 2. The lowest BCUT2D eigenvalue weighted by atomic mass is 10.1. The molecule has 132 valence electrons. The van der Waals surface area contributed by atoms with Crippen molar-refractivity contribution in [3.8, 4) is 0 Å². The van der Waals surface area contributed by atoms with Gasteiger partial charge in [-0.1, -0.05) is 24.6 Å². The van der Waals surface area contributed by atoms with E-state index in [-0.39, 0.29) is 12.4 Å². The van der Waals surface area contributed by atoms with Crippen molar-refractivity contribution in [2.24, 2.45) is 0 Å². The minimum atomic E-state index is 0. The highest BCUT2D eigenvalue weighted by Crippen LogP contribution is 2.15. The Hall–Kier alpha value is -1.97. The number of halogens is 1. The second-order valence-corrected chi connectivity index (χ2v) is 6.45. The summed E-state index contributed by atoms with van der Waals surface area (Å²) in [4.78, 5) is 8.33. The fraction of sp³-hybridized carbons (Fsp3) is 0.333. The van der Waals surface area contributed by atoms with Crippen LogP contribution in [0.3, 0.4) is 0 Å². The molecule has 3 aromatic rings. The number of hydrogen-bond acceptors (Lipinski definition) is 3. The summed E-state index contributed by atoms with van der Waals surface area (Å²) in [5.74, 6) is 0. The molecule has 0 radical (unpaired) electrons. The Morgan fingerprint density at radius 2 is 1.80 bits per heavy atom. The number of hydrogen-bond donors (Lipinski definition) is 1. The Bertz CT molecular complexity index is 761. The van der Waals surface area contributed by atoms with Gasteiger partial charge in [0.25, 0.3) is 0 Å². The lowest BCUT2D eigenvalue weighted by Crippen LogP contribution is -2.25. The highest BCUT2D eigenvalue weighted by Gasteiger charge is 2.03. The highest BCUT2D eigenvalue weighted by molar-refractivity contribution is 5.85. The van der Waals surface area contributed by atoms with E-state index in [2.05, 4.69) is 52.5 Å². The van der Waals surface area contributed by atoms with Crippen LogP contribution in [0.15, 0.2) is 61.2 Å². The maximum atomic E-state index is 4.17. The van der Waals surface area contributed by atoms with E-state index in [1.54, 1.807) is 0 Å². The van der Waals surface area contributed by atoms with Crippen molar-refractivity contribution in [1.29, 1.82) is 0 Å². The average molecular weight is 356 g/mol. The molecule has 0 unspecified atom stereocenters. The van der Waals surface area contributed by atoms with E-state index in [9.17, 15) is 0 Å². The monoisotopic (exact) mass is 355 g/mol. The summed E-state index contributed by atoms with van der Waals surface area (Å²) in [7, 11) is 0.